The summed E-state index contributed by atoms with van der Waals surface area (Å²) in [7, 11) is 3.22. The predicted octanol–water partition coefficient (Wildman–Crippen LogP) is 3.43. The summed E-state index contributed by atoms with van der Waals surface area (Å²) >= 11 is 6.69. The number of halogens is 1. The maximum absolute atomic E-state index is 6.69. The summed E-state index contributed by atoms with van der Waals surface area (Å²) in [5.41, 5.74) is 1.82. The van der Waals surface area contributed by atoms with Crippen LogP contribution in [0.25, 0.3) is 10.9 Å². The molecule has 0 amide bonds. The van der Waals surface area contributed by atoms with Gasteiger partial charge in [-0.3, -0.25) is 0 Å². The predicted molar refractivity (Wildman–Crippen MR) is 118 cm³/mol. The van der Waals surface area contributed by atoms with E-state index >= 15 is 0 Å². The first-order valence-electron chi connectivity index (χ1n) is 10.2. The standard InChI is InChI=1S/C23H24ClN3O4/c1-28-17-9-8-15-19(22(17)29-2)25-13-26-23(15)27-10-16(24)21-20(27)18(12-31-21)30-11-14-6-4-3-5-7-14/h3-9,13,16,18,20-21H,10-12H2,1-2H3/t16-,18-,20+,21+/m1/s1. The van der Waals surface area contributed by atoms with Crippen molar-refractivity contribution in [1.82, 2.24) is 9.97 Å². The van der Waals surface area contributed by atoms with Crippen LogP contribution < -0.4 is 14.4 Å². The van der Waals surface area contributed by atoms with Crippen LogP contribution in [-0.4, -0.2) is 61.0 Å². The summed E-state index contributed by atoms with van der Waals surface area (Å²) in [5, 5.41) is 0.721. The number of nitrogens with zero attached hydrogens (tertiary/aromatic N) is 3. The van der Waals surface area contributed by atoms with Crippen molar-refractivity contribution in [3.63, 3.8) is 0 Å². The van der Waals surface area contributed by atoms with Gasteiger partial charge in [-0.05, 0) is 17.7 Å². The van der Waals surface area contributed by atoms with Gasteiger partial charge in [-0.1, -0.05) is 30.3 Å². The number of alkyl halides is 1. The highest BCUT2D eigenvalue weighted by molar-refractivity contribution is 6.22. The van der Waals surface area contributed by atoms with E-state index in [1.807, 2.05) is 30.3 Å². The van der Waals surface area contributed by atoms with Crippen LogP contribution in [0.5, 0.6) is 11.5 Å². The zero-order valence-corrected chi connectivity index (χ0v) is 18.2. The van der Waals surface area contributed by atoms with Crippen LogP contribution in [-0.2, 0) is 16.1 Å². The molecule has 0 bridgehead atoms. The van der Waals surface area contributed by atoms with Crippen molar-refractivity contribution in [2.75, 3.05) is 32.3 Å². The summed E-state index contributed by atoms with van der Waals surface area (Å²) in [6.45, 7) is 1.64. The third-order valence-corrected chi connectivity index (χ3v) is 6.35. The maximum Gasteiger partial charge on any atom is 0.187 e. The van der Waals surface area contributed by atoms with Crippen molar-refractivity contribution in [2.24, 2.45) is 0 Å². The van der Waals surface area contributed by atoms with Crippen LogP contribution in [0.2, 0.25) is 0 Å². The molecule has 2 aromatic carbocycles. The number of rotatable bonds is 6. The van der Waals surface area contributed by atoms with Gasteiger partial charge in [0.05, 0.1) is 45.0 Å². The number of aromatic nitrogens is 2. The molecule has 8 heteroatoms. The SMILES string of the molecule is COc1ccc2c(N3C[C@@H](Cl)[C@@H]4OC[C@@H](OCc5ccccc5)[C@@H]43)ncnc2c1OC. The normalized spacial score (nSPS) is 25.1. The van der Waals surface area contributed by atoms with Crippen LogP contribution in [0.4, 0.5) is 5.82 Å². The molecular formula is C23H24ClN3O4. The van der Waals surface area contributed by atoms with E-state index < -0.39 is 0 Å². The van der Waals surface area contributed by atoms with Gasteiger partial charge < -0.3 is 23.8 Å². The largest absolute Gasteiger partial charge is 0.493 e. The molecule has 1 aromatic heterocycles. The van der Waals surface area contributed by atoms with Crippen molar-refractivity contribution in [1.29, 1.82) is 0 Å². The fourth-order valence-corrected chi connectivity index (χ4v) is 4.91. The highest BCUT2D eigenvalue weighted by atomic mass is 35.5. The second kappa shape index (κ2) is 8.49. The molecule has 4 atom stereocenters. The number of anilines is 1. The summed E-state index contributed by atoms with van der Waals surface area (Å²) in [6.07, 6.45) is 1.32. The lowest BCUT2D eigenvalue weighted by Gasteiger charge is -2.29. The minimum atomic E-state index is -0.152. The molecule has 0 spiro atoms. The Balaban J connectivity index is 1.48. The van der Waals surface area contributed by atoms with Crippen LogP contribution in [0.3, 0.4) is 0 Å². The summed E-state index contributed by atoms with van der Waals surface area (Å²) < 4.78 is 23.3. The Morgan fingerprint density at radius 3 is 2.71 bits per heavy atom. The highest BCUT2D eigenvalue weighted by Crippen LogP contribution is 2.42. The molecule has 2 aliphatic heterocycles. The van der Waals surface area contributed by atoms with Crippen molar-refractivity contribution in [3.05, 3.63) is 54.4 Å². The second-order valence-electron chi connectivity index (χ2n) is 7.69. The van der Waals surface area contributed by atoms with Gasteiger partial charge in [-0.25, -0.2) is 9.97 Å². The van der Waals surface area contributed by atoms with E-state index in [2.05, 4.69) is 27.0 Å². The maximum atomic E-state index is 6.69. The quantitative estimate of drug-likeness (QED) is 0.543. The van der Waals surface area contributed by atoms with E-state index in [1.165, 1.54) is 0 Å². The number of methoxy groups -OCH3 is 2. The van der Waals surface area contributed by atoms with Gasteiger partial charge >= 0.3 is 0 Å². The Morgan fingerprint density at radius 1 is 1.10 bits per heavy atom. The lowest BCUT2D eigenvalue weighted by molar-refractivity contribution is 0.0214. The van der Waals surface area contributed by atoms with Crippen molar-refractivity contribution in [3.8, 4) is 11.5 Å². The molecular weight excluding hydrogens is 418 g/mol. The van der Waals surface area contributed by atoms with Crippen molar-refractivity contribution < 1.29 is 18.9 Å². The molecule has 2 fully saturated rings. The van der Waals surface area contributed by atoms with Gasteiger partial charge in [0.1, 0.15) is 23.8 Å². The monoisotopic (exact) mass is 441 g/mol. The van der Waals surface area contributed by atoms with Crippen LogP contribution >= 0.6 is 11.6 Å². The Morgan fingerprint density at radius 2 is 1.94 bits per heavy atom. The first-order valence-corrected chi connectivity index (χ1v) is 10.7. The van der Waals surface area contributed by atoms with Gasteiger partial charge in [0.2, 0.25) is 0 Å². The third-order valence-electron chi connectivity index (χ3n) is 5.96. The lowest BCUT2D eigenvalue weighted by atomic mass is 10.1. The summed E-state index contributed by atoms with van der Waals surface area (Å²) in [4.78, 5) is 11.3. The molecule has 3 aromatic rings. The number of hydrogen-bond acceptors (Lipinski definition) is 7. The van der Waals surface area contributed by atoms with E-state index in [9.17, 15) is 0 Å². The first kappa shape index (κ1) is 20.3. The molecule has 5 rings (SSSR count). The zero-order chi connectivity index (χ0) is 21.4. The van der Waals surface area contributed by atoms with Gasteiger partial charge in [-0.15, -0.1) is 11.6 Å². The average Bonchev–Trinajstić information content (AvgIpc) is 3.38. The van der Waals surface area contributed by atoms with Crippen LogP contribution in [0.1, 0.15) is 5.56 Å². The van der Waals surface area contributed by atoms with Crippen molar-refractivity contribution >= 4 is 28.3 Å². The van der Waals surface area contributed by atoms with Crippen molar-refractivity contribution in [2.45, 2.75) is 30.2 Å². The number of fused-ring (bicyclic) bond motifs is 2. The van der Waals surface area contributed by atoms with Crippen LogP contribution in [0, 0.1) is 0 Å². The second-order valence-corrected chi connectivity index (χ2v) is 8.25. The molecule has 7 nitrogen and oxygen atoms in total. The highest BCUT2D eigenvalue weighted by Gasteiger charge is 2.51. The molecule has 2 aliphatic rings. The minimum absolute atomic E-state index is 0.0302. The Labute approximate surface area is 185 Å². The fourth-order valence-electron chi connectivity index (χ4n) is 4.54. The molecule has 2 saturated heterocycles. The van der Waals surface area contributed by atoms with E-state index in [1.54, 1.807) is 20.5 Å². The topological polar surface area (TPSA) is 65.9 Å². The summed E-state index contributed by atoms with van der Waals surface area (Å²) in [5.74, 6) is 2.01. The molecule has 0 saturated carbocycles. The molecule has 31 heavy (non-hydrogen) atoms. The summed E-state index contributed by atoms with van der Waals surface area (Å²) in [6, 6.07) is 13.9. The average molecular weight is 442 g/mol. The van der Waals surface area contributed by atoms with E-state index in [0.717, 1.165) is 16.8 Å². The number of ether oxygens (including phenoxy) is 4. The minimum Gasteiger partial charge on any atom is -0.493 e. The van der Waals surface area contributed by atoms with Gasteiger partial charge in [0, 0.05) is 11.9 Å². The van der Waals surface area contributed by atoms with E-state index in [0.29, 0.717) is 36.8 Å². The molecule has 0 aliphatic carbocycles. The van der Waals surface area contributed by atoms with Crippen LogP contribution in [0.15, 0.2) is 48.8 Å². The Hall–Kier alpha value is -2.61. The molecule has 0 N–H and O–H groups in total. The van der Waals surface area contributed by atoms with Gasteiger partial charge in [0.15, 0.2) is 11.5 Å². The number of benzene rings is 2. The Bertz CT molecular complexity index is 1070. The Kier molecular flexibility index (Phi) is 5.56. The molecule has 0 unspecified atom stereocenters. The lowest BCUT2D eigenvalue weighted by Crippen LogP contribution is -2.42. The first-order chi connectivity index (χ1) is 15.2. The molecule has 3 heterocycles. The van der Waals surface area contributed by atoms with E-state index in [4.69, 9.17) is 30.5 Å². The van der Waals surface area contributed by atoms with E-state index in [-0.39, 0.29) is 23.6 Å². The third kappa shape index (κ3) is 3.56. The zero-order valence-electron chi connectivity index (χ0n) is 17.4. The molecule has 0 radical (unpaired) electrons. The fraction of sp³-hybridized carbons (Fsp3) is 0.391. The molecule has 162 valence electrons. The smallest absolute Gasteiger partial charge is 0.187 e. The van der Waals surface area contributed by atoms with Gasteiger partial charge in [-0.2, -0.15) is 0 Å². The number of hydrogen-bond donors (Lipinski definition) is 0. The van der Waals surface area contributed by atoms with Gasteiger partial charge in [0.25, 0.3) is 0 Å².